The Hall–Kier alpha value is -1.87. The van der Waals surface area contributed by atoms with Crippen molar-refractivity contribution in [3.8, 4) is 11.5 Å². The topological polar surface area (TPSA) is 93.1 Å². The number of halogens is 1. The summed E-state index contributed by atoms with van der Waals surface area (Å²) in [6.45, 7) is 0. The summed E-state index contributed by atoms with van der Waals surface area (Å²) in [6.07, 6.45) is 0.417. The van der Waals surface area contributed by atoms with Gasteiger partial charge in [-0.25, -0.2) is 12.8 Å². The van der Waals surface area contributed by atoms with Crippen molar-refractivity contribution < 1.29 is 32.2 Å². The molecule has 0 amide bonds. The summed E-state index contributed by atoms with van der Waals surface area (Å²) < 4.78 is 50.3. The van der Waals surface area contributed by atoms with Crippen LogP contribution in [0.1, 0.15) is 12.8 Å². The standard InChI is InChI=1S/C14H18FNO6S/c1-16(9-4-8(5-9)14(17)18)23(19,20)13-7-12(22-3)11(21-2)6-10(13)15/h6-9H,4-5H2,1-3H3,(H,17,18). The number of nitrogens with zero attached hydrogens (tertiary/aromatic N) is 1. The van der Waals surface area contributed by atoms with Gasteiger partial charge in [-0.15, -0.1) is 0 Å². The normalized spacial score (nSPS) is 20.9. The highest BCUT2D eigenvalue weighted by Crippen LogP contribution is 2.37. The van der Waals surface area contributed by atoms with Gasteiger partial charge in [0.25, 0.3) is 0 Å². The lowest BCUT2D eigenvalue weighted by molar-refractivity contribution is -0.146. The zero-order chi connectivity index (χ0) is 17.4. The molecule has 0 atom stereocenters. The Labute approximate surface area is 133 Å². The van der Waals surface area contributed by atoms with E-state index < -0.39 is 38.7 Å². The maximum atomic E-state index is 14.2. The smallest absolute Gasteiger partial charge is 0.306 e. The van der Waals surface area contributed by atoms with Crippen LogP contribution in [0.4, 0.5) is 4.39 Å². The van der Waals surface area contributed by atoms with Crippen molar-refractivity contribution in [2.45, 2.75) is 23.8 Å². The number of carboxylic acids is 1. The van der Waals surface area contributed by atoms with Crippen LogP contribution in [-0.2, 0) is 14.8 Å². The third-order valence-corrected chi connectivity index (χ3v) is 6.00. The minimum absolute atomic E-state index is 0.0844. The van der Waals surface area contributed by atoms with Crippen LogP contribution in [-0.4, -0.2) is 51.1 Å². The van der Waals surface area contributed by atoms with Crippen LogP contribution in [0.5, 0.6) is 11.5 Å². The summed E-state index contributed by atoms with van der Waals surface area (Å²) in [7, 11) is -0.157. The van der Waals surface area contributed by atoms with Gasteiger partial charge in [0.2, 0.25) is 10.0 Å². The van der Waals surface area contributed by atoms with E-state index in [0.29, 0.717) is 0 Å². The maximum absolute atomic E-state index is 14.2. The molecule has 7 nitrogen and oxygen atoms in total. The number of rotatable bonds is 6. The van der Waals surface area contributed by atoms with Crippen molar-refractivity contribution in [1.29, 1.82) is 0 Å². The molecule has 0 aliphatic heterocycles. The number of carboxylic acid groups (broad SMARTS) is 1. The van der Waals surface area contributed by atoms with Crippen LogP contribution < -0.4 is 9.47 Å². The van der Waals surface area contributed by atoms with Gasteiger partial charge in [0, 0.05) is 25.2 Å². The second-order valence-corrected chi connectivity index (χ2v) is 7.29. The third kappa shape index (κ3) is 3.11. The number of aliphatic carboxylic acids is 1. The van der Waals surface area contributed by atoms with E-state index in [1.54, 1.807) is 0 Å². The summed E-state index contributed by atoms with van der Waals surface area (Å²) in [6, 6.07) is 1.54. The van der Waals surface area contributed by atoms with E-state index >= 15 is 0 Å². The molecular weight excluding hydrogens is 329 g/mol. The van der Waals surface area contributed by atoms with E-state index in [1.165, 1.54) is 21.3 Å². The van der Waals surface area contributed by atoms with Crippen LogP contribution in [0.15, 0.2) is 17.0 Å². The molecule has 1 saturated carbocycles. The Kier molecular flexibility index (Phi) is 4.81. The molecule has 0 heterocycles. The Morgan fingerprint density at radius 2 is 1.78 bits per heavy atom. The molecule has 0 spiro atoms. The molecule has 1 aliphatic rings. The number of carbonyl (C=O) groups is 1. The lowest BCUT2D eigenvalue weighted by Crippen LogP contribution is -2.47. The van der Waals surface area contributed by atoms with E-state index in [0.717, 1.165) is 16.4 Å². The summed E-state index contributed by atoms with van der Waals surface area (Å²) in [5.41, 5.74) is 0. The molecule has 0 saturated heterocycles. The maximum Gasteiger partial charge on any atom is 0.306 e. The summed E-state index contributed by atoms with van der Waals surface area (Å²) in [4.78, 5) is 10.3. The number of ether oxygens (including phenoxy) is 2. The van der Waals surface area contributed by atoms with Gasteiger partial charge in [0.1, 0.15) is 10.7 Å². The Morgan fingerprint density at radius 1 is 1.26 bits per heavy atom. The Bertz CT molecular complexity index is 714. The van der Waals surface area contributed by atoms with E-state index in [-0.39, 0.29) is 24.3 Å². The third-order valence-electron chi connectivity index (χ3n) is 4.07. The van der Waals surface area contributed by atoms with Gasteiger partial charge >= 0.3 is 5.97 Å². The lowest BCUT2D eigenvalue weighted by Gasteiger charge is -2.38. The van der Waals surface area contributed by atoms with Crippen LogP contribution in [0.2, 0.25) is 0 Å². The molecule has 0 aromatic heterocycles. The molecule has 9 heteroatoms. The molecule has 1 aromatic rings. The lowest BCUT2D eigenvalue weighted by atomic mass is 9.80. The molecule has 1 fully saturated rings. The first kappa shape index (κ1) is 17.5. The van der Waals surface area contributed by atoms with Crippen LogP contribution in [0.3, 0.4) is 0 Å². The minimum atomic E-state index is -4.11. The summed E-state index contributed by atoms with van der Waals surface area (Å²) in [5.74, 6) is -2.29. The quantitative estimate of drug-likeness (QED) is 0.834. The highest BCUT2D eigenvalue weighted by atomic mass is 32.2. The first-order valence-corrected chi connectivity index (χ1v) is 8.28. The fraction of sp³-hybridized carbons (Fsp3) is 0.500. The fourth-order valence-electron chi connectivity index (χ4n) is 2.47. The largest absolute Gasteiger partial charge is 0.493 e. The van der Waals surface area contributed by atoms with Crippen LogP contribution in [0.25, 0.3) is 0 Å². The molecule has 1 aliphatic carbocycles. The van der Waals surface area contributed by atoms with E-state index in [9.17, 15) is 17.6 Å². The number of hydrogen-bond donors (Lipinski definition) is 1. The SMILES string of the molecule is COc1cc(F)c(S(=O)(=O)N(C)C2CC(C(=O)O)C2)cc1OC. The van der Waals surface area contributed by atoms with Crippen LogP contribution >= 0.6 is 0 Å². The summed E-state index contributed by atoms with van der Waals surface area (Å²) in [5, 5.41) is 8.86. The first-order chi connectivity index (χ1) is 10.7. The van der Waals surface area contributed by atoms with Gasteiger partial charge < -0.3 is 14.6 Å². The Morgan fingerprint density at radius 3 is 2.26 bits per heavy atom. The highest BCUT2D eigenvalue weighted by molar-refractivity contribution is 7.89. The van der Waals surface area contributed by atoms with Gasteiger partial charge in [-0.05, 0) is 12.8 Å². The molecule has 0 unspecified atom stereocenters. The predicted octanol–water partition coefficient (Wildman–Crippen LogP) is 1.33. The molecule has 0 bridgehead atoms. The molecule has 23 heavy (non-hydrogen) atoms. The van der Waals surface area contributed by atoms with Gasteiger partial charge in [-0.1, -0.05) is 0 Å². The average molecular weight is 347 g/mol. The van der Waals surface area contributed by atoms with Gasteiger partial charge in [-0.2, -0.15) is 4.31 Å². The van der Waals surface area contributed by atoms with E-state index in [4.69, 9.17) is 14.6 Å². The van der Waals surface area contributed by atoms with Crippen molar-refractivity contribution in [2.24, 2.45) is 5.92 Å². The molecule has 1 N–H and O–H groups in total. The van der Waals surface area contributed by atoms with E-state index in [1.807, 2.05) is 0 Å². The van der Waals surface area contributed by atoms with Gasteiger partial charge in [-0.3, -0.25) is 4.79 Å². The minimum Gasteiger partial charge on any atom is -0.493 e. The van der Waals surface area contributed by atoms with Crippen molar-refractivity contribution in [1.82, 2.24) is 4.31 Å². The second kappa shape index (κ2) is 6.32. The van der Waals surface area contributed by atoms with E-state index in [2.05, 4.69) is 0 Å². The van der Waals surface area contributed by atoms with Crippen molar-refractivity contribution in [3.63, 3.8) is 0 Å². The van der Waals surface area contributed by atoms with Gasteiger partial charge in [0.15, 0.2) is 11.5 Å². The Balaban J connectivity index is 2.31. The zero-order valence-corrected chi connectivity index (χ0v) is 13.8. The molecule has 0 radical (unpaired) electrons. The number of benzene rings is 1. The predicted molar refractivity (Wildman–Crippen MR) is 78.6 cm³/mol. The second-order valence-electron chi connectivity index (χ2n) is 5.32. The molecule has 2 rings (SSSR count). The van der Waals surface area contributed by atoms with Gasteiger partial charge in [0.05, 0.1) is 20.1 Å². The monoisotopic (exact) mass is 347 g/mol. The zero-order valence-electron chi connectivity index (χ0n) is 12.9. The van der Waals surface area contributed by atoms with Crippen molar-refractivity contribution >= 4 is 16.0 Å². The number of hydrogen-bond acceptors (Lipinski definition) is 5. The fourth-order valence-corrected chi connectivity index (χ4v) is 3.91. The highest BCUT2D eigenvalue weighted by Gasteiger charge is 2.42. The average Bonchev–Trinajstić information content (AvgIpc) is 2.44. The number of sulfonamides is 1. The van der Waals surface area contributed by atoms with Crippen LogP contribution in [0, 0.1) is 11.7 Å². The first-order valence-electron chi connectivity index (χ1n) is 6.84. The molecule has 128 valence electrons. The summed E-state index contributed by atoms with van der Waals surface area (Å²) >= 11 is 0. The number of methoxy groups -OCH3 is 2. The van der Waals surface area contributed by atoms with Crippen molar-refractivity contribution in [2.75, 3.05) is 21.3 Å². The molecule has 1 aromatic carbocycles. The van der Waals surface area contributed by atoms with Crippen molar-refractivity contribution in [3.05, 3.63) is 17.9 Å². The molecular formula is C14H18FNO6S.